The number of likely N-dealkylation sites (tertiary alicyclic amines) is 1. The van der Waals surface area contributed by atoms with Crippen molar-refractivity contribution >= 4 is 0 Å². The molecule has 1 aliphatic heterocycles. The standard InChI is InChI=1S/C14H23N3/c1-17-8-2-3-13(10-17)14(16)12-6-4-11(9-15)5-7-12/h4-7,13-14H,2-3,8-10,15-16H2,1H3. The predicted octanol–water partition coefficient (Wildman–Crippen LogP) is 1.49. The van der Waals surface area contributed by atoms with E-state index in [-0.39, 0.29) is 6.04 Å². The fraction of sp³-hybridized carbons (Fsp3) is 0.571. The maximum absolute atomic E-state index is 6.37. The lowest BCUT2D eigenvalue weighted by atomic mass is 9.87. The molecule has 0 radical (unpaired) electrons. The van der Waals surface area contributed by atoms with Crippen molar-refractivity contribution in [2.45, 2.75) is 25.4 Å². The van der Waals surface area contributed by atoms with E-state index in [1.54, 1.807) is 0 Å². The summed E-state index contributed by atoms with van der Waals surface area (Å²) in [6, 6.07) is 8.58. The lowest BCUT2D eigenvalue weighted by molar-refractivity contribution is 0.188. The van der Waals surface area contributed by atoms with Crippen LogP contribution in [0.5, 0.6) is 0 Å². The van der Waals surface area contributed by atoms with E-state index in [0.29, 0.717) is 12.5 Å². The second-order valence-electron chi connectivity index (χ2n) is 5.14. The molecule has 94 valence electrons. The predicted molar refractivity (Wildman–Crippen MR) is 71.5 cm³/mol. The van der Waals surface area contributed by atoms with Crippen molar-refractivity contribution in [3.63, 3.8) is 0 Å². The van der Waals surface area contributed by atoms with Gasteiger partial charge in [-0.25, -0.2) is 0 Å². The molecular formula is C14H23N3. The van der Waals surface area contributed by atoms with Gasteiger partial charge in [-0.05, 0) is 43.5 Å². The average molecular weight is 233 g/mol. The van der Waals surface area contributed by atoms with Crippen LogP contribution >= 0.6 is 0 Å². The first-order valence-electron chi connectivity index (χ1n) is 6.43. The fourth-order valence-corrected chi connectivity index (χ4v) is 2.65. The second-order valence-corrected chi connectivity index (χ2v) is 5.14. The third kappa shape index (κ3) is 3.06. The van der Waals surface area contributed by atoms with Gasteiger partial charge in [-0.1, -0.05) is 24.3 Å². The minimum atomic E-state index is 0.157. The summed E-state index contributed by atoms with van der Waals surface area (Å²) < 4.78 is 0. The molecule has 0 amide bonds. The summed E-state index contributed by atoms with van der Waals surface area (Å²) in [5.41, 5.74) is 14.4. The Morgan fingerprint density at radius 1 is 1.35 bits per heavy atom. The minimum Gasteiger partial charge on any atom is -0.326 e. The number of hydrogen-bond donors (Lipinski definition) is 2. The third-order valence-electron chi connectivity index (χ3n) is 3.77. The lowest BCUT2D eigenvalue weighted by Crippen LogP contribution is -2.37. The number of hydrogen-bond acceptors (Lipinski definition) is 3. The van der Waals surface area contributed by atoms with E-state index < -0.39 is 0 Å². The van der Waals surface area contributed by atoms with E-state index in [2.05, 4.69) is 36.2 Å². The normalized spacial score (nSPS) is 23.6. The topological polar surface area (TPSA) is 55.3 Å². The summed E-state index contributed by atoms with van der Waals surface area (Å²) in [5, 5.41) is 0. The van der Waals surface area contributed by atoms with Crippen molar-refractivity contribution in [2.75, 3.05) is 20.1 Å². The molecule has 0 saturated carbocycles. The van der Waals surface area contributed by atoms with Gasteiger partial charge in [0, 0.05) is 19.1 Å². The number of rotatable bonds is 3. The number of nitrogens with zero attached hydrogens (tertiary/aromatic N) is 1. The zero-order valence-electron chi connectivity index (χ0n) is 10.6. The average Bonchev–Trinajstić information content (AvgIpc) is 2.38. The van der Waals surface area contributed by atoms with Gasteiger partial charge in [-0.2, -0.15) is 0 Å². The zero-order valence-corrected chi connectivity index (χ0v) is 10.6. The van der Waals surface area contributed by atoms with Gasteiger partial charge in [0.1, 0.15) is 0 Å². The van der Waals surface area contributed by atoms with E-state index in [9.17, 15) is 0 Å². The van der Waals surface area contributed by atoms with Gasteiger partial charge in [-0.15, -0.1) is 0 Å². The molecule has 1 fully saturated rings. The Morgan fingerprint density at radius 3 is 2.65 bits per heavy atom. The van der Waals surface area contributed by atoms with Crippen LogP contribution in [-0.4, -0.2) is 25.0 Å². The number of nitrogens with two attached hydrogens (primary N) is 2. The SMILES string of the molecule is CN1CCCC(C(N)c2ccc(CN)cc2)C1. The molecular weight excluding hydrogens is 210 g/mol. The summed E-state index contributed by atoms with van der Waals surface area (Å²) in [6.07, 6.45) is 2.50. The van der Waals surface area contributed by atoms with Crippen LogP contribution in [-0.2, 0) is 6.54 Å². The Hall–Kier alpha value is -0.900. The van der Waals surface area contributed by atoms with Crippen molar-refractivity contribution in [1.82, 2.24) is 4.90 Å². The Balaban J connectivity index is 2.04. The van der Waals surface area contributed by atoms with Crippen LogP contribution in [0.1, 0.15) is 30.0 Å². The zero-order chi connectivity index (χ0) is 12.3. The fourth-order valence-electron chi connectivity index (χ4n) is 2.65. The van der Waals surface area contributed by atoms with Gasteiger partial charge in [0.25, 0.3) is 0 Å². The summed E-state index contributed by atoms with van der Waals surface area (Å²) >= 11 is 0. The maximum atomic E-state index is 6.37. The van der Waals surface area contributed by atoms with Gasteiger partial charge in [0.15, 0.2) is 0 Å². The molecule has 3 heteroatoms. The Kier molecular flexibility index (Phi) is 4.15. The third-order valence-corrected chi connectivity index (χ3v) is 3.77. The molecule has 2 rings (SSSR count). The molecule has 1 saturated heterocycles. The first kappa shape index (κ1) is 12.6. The summed E-state index contributed by atoms with van der Waals surface area (Å²) in [5.74, 6) is 0.581. The second kappa shape index (κ2) is 5.63. The highest BCUT2D eigenvalue weighted by molar-refractivity contribution is 5.25. The van der Waals surface area contributed by atoms with Crippen molar-refractivity contribution in [3.05, 3.63) is 35.4 Å². The van der Waals surface area contributed by atoms with Crippen molar-refractivity contribution in [3.8, 4) is 0 Å². The highest BCUT2D eigenvalue weighted by Crippen LogP contribution is 2.27. The Morgan fingerprint density at radius 2 is 2.06 bits per heavy atom. The van der Waals surface area contributed by atoms with E-state index in [1.807, 2.05) is 0 Å². The smallest absolute Gasteiger partial charge is 0.0335 e. The first-order valence-corrected chi connectivity index (χ1v) is 6.43. The van der Waals surface area contributed by atoms with Crippen LogP contribution < -0.4 is 11.5 Å². The van der Waals surface area contributed by atoms with E-state index in [4.69, 9.17) is 11.5 Å². The first-order chi connectivity index (χ1) is 8.20. The van der Waals surface area contributed by atoms with Gasteiger partial charge in [-0.3, -0.25) is 0 Å². The maximum Gasteiger partial charge on any atom is 0.0335 e. The molecule has 1 aromatic carbocycles. The van der Waals surface area contributed by atoms with Crippen LogP contribution in [0.15, 0.2) is 24.3 Å². The van der Waals surface area contributed by atoms with Crippen molar-refractivity contribution in [1.29, 1.82) is 0 Å². The quantitative estimate of drug-likeness (QED) is 0.831. The molecule has 3 nitrogen and oxygen atoms in total. The molecule has 0 aliphatic carbocycles. The number of benzene rings is 1. The lowest BCUT2D eigenvalue weighted by Gasteiger charge is -2.33. The van der Waals surface area contributed by atoms with Crippen LogP contribution in [0, 0.1) is 5.92 Å². The van der Waals surface area contributed by atoms with Gasteiger partial charge in [0.05, 0.1) is 0 Å². The van der Waals surface area contributed by atoms with E-state index in [1.165, 1.54) is 30.5 Å². The largest absolute Gasteiger partial charge is 0.326 e. The Labute approximate surface area is 104 Å². The highest BCUT2D eigenvalue weighted by atomic mass is 15.1. The van der Waals surface area contributed by atoms with Crippen molar-refractivity contribution in [2.24, 2.45) is 17.4 Å². The van der Waals surface area contributed by atoms with Crippen LogP contribution in [0.3, 0.4) is 0 Å². The summed E-state index contributed by atoms with van der Waals surface area (Å²) in [4.78, 5) is 2.38. The molecule has 1 aromatic rings. The number of piperidine rings is 1. The van der Waals surface area contributed by atoms with Crippen molar-refractivity contribution < 1.29 is 0 Å². The molecule has 0 bridgehead atoms. The van der Waals surface area contributed by atoms with Crippen LogP contribution in [0.2, 0.25) is 0 Å². The van der Waals surface area contributed by atoms with Crippen LogP contribution in [0.4, 0.5) is 0 Å². The molecule has 0 aromatic heterocycles. The van der Waals surface area contributed by atoms with E-state index in [0.717, 1.165) is 6.54 Å². The monoisotopic (exact) mass is 233 g/mol. The van der Waals surface area contributed by atoms with Gasteiger partial charge >= 0.3 is 0 Å². The Bertz CT molecular complexity index is 347. The molecule has 0 spiro atoms. The molecule has 17 heavy (non-hydrogen) atoms. The van der Waals surface area contributed by atoms with E-state index >= 15 is 0 Å². The molecule has 2 atom stereocenters. The van der Waals surface area contributed by atoms with Gasteiger partial charge in [0.2, 0.25) is 0 Å². The molecule has 1 aliphatic rings. The molecule has 4 N–H and O–H groups in total. The van der Waals surface area contributed by atoms with Crippen LogP contribution in [0.25, 0.3) is 0 Å². The molecule has 2 unspecified atom stereocenters. The summed E-state index contributed by atoms with van der Waals surface area (Å²) in [7, 11) is 2.18. The summed E-state index contributed by atoms with van der Waals surface area (Å²) in [6.45, 7) is 2.91. The molecule has 1 heterocycles. The minimum absolute atomic E-state index is 0.157. The highest BCUT2D eigenvalue weighted by Gasteiger charge is 2.24. The van der Waals surface area contributed by atoms with Gasteiger partial charge < -0.3 is 16.4 Å².